The first-order valence-corrected chi connectivity index (χ1v) is 9.07. The SMILES string of the molecule is COc1cccc(C(C)N2CCC(c3nc4ccccc4[nH]3)CC2)c1. The molecule has 0 aliphatic carbocycles. The summed E-state index contributed by atoms with van der Waals surface area (Å²) in [5, 5.41) is 0. The van der Waals surface area contributed by atoms with Crippen LogP contribution in [0.15, 0.2) is 48.5 Å². The van der Waals surface area contributed by atoms with Crippen LogP contribution in [0.5, 0.6) is 5.75 Å². The molecular formula is C21H25N3O. The Kier molecular flexibility index (Phi) is 4.45. The van der Waals surface area contributed by atoms with E-state index in [4.69, 9.17) is 9.72 Å². The standard InChI is InChI=1S/C21H25N3O/c1-15(17-6-5-7-18(14-17)25-2)24-12-10-16(11-13-24)21-22-19-8-3-4-9-20(19)23-21/h3-9,14-16H,10-13H2,1-2H3,(H,22,23). The van der Waals surface area contributed by atoms with Crippen molar-refractivity contribution in [2.45, 2.75) is 31.7 Å². The van der Waals surface area contributed by atoms with E-state index in [9.17, 15) is 0 Å². The number of rotatable bonds is 4. The molecule has 1 aromatic heterocycles. The lowest BCUT2D eigenvalue weighted by Crippen LogP contribution is -2.35. The molecule has 25 heavy (non-hydrogen) atoms. The summed E-state index contributed by atoms with van der Waals surface area (Å²) in [5.41, 5.74) is 3.54. The van der Waals surface area contributed by atoms with Gasteiger partial charge in [-0.05, 0) is 62.7 Å². The summed E-state index contributed by atoms with van der Waals surface area (Å²) < 4.78 is 5.37. The Morgan fingerprint density at radius 2 is 1.92 bits per heavy atom. The number of benzene rings is 2. The maximum atomic E-state index is 5.37. The Bertz CT molecular complexity index is 816. The van der Waals surface area contributed by atoms with Crippen LogP contribution in [0.3, 0.4) is 0 Å². The first kappa shape index (κ1) is 16.2. The first-order valence-electron chi connectivity index (χ1n) is 9.07. The molecule has 1 fully saturated rings. The third-order valence-corrected chi connectivity index (χ3v) is 5.45. The van der Waals surface area contributed by atoms with Gasteiger partial charge in [-0.25, -0.2) is 4.98 Å². The second kappa shape index (κ2) is 6.89. The Morgan fingerprint density at radius 1 is 1.12 bits per heavy atom. The highest BCUT2D eigenvalue weighted by molar-refractivity contribution is 5.74. The number of ether oxygens (including phenoxy) is 1. The Hall–Kier alpha value is -2.33. The molecule has 0 radical (unpaired) electrons. The van der Waals surface area contributed by atoms with Crippen molar-refractivity contribution in [1.82, 2.24) is 14.9 Å². The minimum atomic E-state index is 0.409. The van der Waals surface area contributed by atoms with Crippen LogP contribution in [0.1, 0.15) is 43.1 Å². The normalized spacial score (nSPS) is 17.7. The number of aromatic nitrogens is 2. The molecule has 4 nitrogen and oxygen atoms in total. The van der Waals surface area contributed by atoms with Crippen molar-refractivity contribution in [1.29, 1.82) is 0 Å². The number of nitrogens with zero attached hydrogens (tertiary/aromatic N) is 2. The van der Waals surface area contributed by atoms with E-state index in [1.807, 2.05) is 12.1 Å². The van der Waals surface area contributed by atoms with Crippen LogP contribution in [0.2, 0.25) is 0 Å². The summed E-state index contributed by atoms with van der Waals surface area (Å²) in [6.45, 7) is 4.48. The zero-order chi connectivity index (χ0) is 17.2. The zero-order valence-corrected chi connectivity index (χ0v) is 14.9. The molecule has 0 amide bonds. The summed E-state index contributed by atoms with van der Waals surface area (Å²) in [7, 11) is 1.72. The maximum absolute atomic E-state index is 5.37. The highest BCUT2D eigenvalue weighted by Crippen LogP contribution is 2.32. The predicted molar refractivity (Wildman–Crippen MR) is 101 cm³/mol. The molecule has 4 rings (SSSR count). The van der Waals surface area contributed by atoms with Crippen LogP contribution in [0.4, 0.5) is 0 Å². The lowest BCUT2D eigenvalue weighted by molar-refractivity contribution is 0.160. The molecule has 2 heterocycles. The van der Waals surface area contributed by atoms with Crippen LogP contribution in [-0.2, 0) is 0 Å². The molecule has 2 aromatic carbocycles. The Labute approximate surface area is 148 Å². The van der Waals surface area contributed by atoms with Gasteiger partial charge in [0.05, 0.1) is 18.1 Å². The number of H-pyrrole nitrogens is 1. The van der Waals surface area contributed by atoms with Gasteiger partial charge in [-0.1, -0.05) is 24.3 Å². The number of likely N-dealkylation sites (tertiary alicyclic amines) is 1. The number of fused-ring (bicyclic) bond motifs is 1. The monoisotopic (exact) mass is 335 g/mol. The molecular weight excluding hydrogens is 310 g/mol. The van der Waals surface area contributed by atoms with E-state index in [0.29, 0.717) is 12.0 Å². The van der Waals surface area contributed by atoms with Crippen molar-refractivity contribution in [3.8, 4) is 5.75 Å². The number of imidazole rings is 1. The molecule has 3 aromatic rings. The van der Waals surface area contributed by atoms with Crippen molar-refractivity contribution in [2.75, 3.05) is 20.2 Å². The first-order chi connectivity index (χ1) is 12.2. The largest absolute Gasteiger partial charge is 0.497 e. The fourth-order valence-corrected chi connectivity index (χ4v) is 3.84. The lowest BCUT2D eigenvalue weighted by Gasteiger charge is -2.35. The van der Waals surface area contributed by atoms with E-state index >= 15 is 0 Å². The zero-order valence-electron chi connectivity index (χ0n) is 14.9. The van der Waals surface area contributed by atoms with E-state index < -0.39 is 0 Å². The van der Waals surface area contributed by atoms with Crippen LogP contribution in [-0.4, -0.2) is 35.1 Å². The molecule has 0 bridgehead atoms. The molecule has 0 saturated carbocycles. The number of hydrogen-bond donors (Lipinski definition) is 1. The molecule has 1 aliphatic rings. The molecule has 1 unspecified atom stereocenters. The summed E-state index contributed by atoms with van der Waals surface area (Å²) in [4.78, 5) is 10.9. The summed E-state index contributed by atoms with van der Waals surface area (Å²) >= 11 is 0. The number of piperidine rings is 1. The van der Waals surface area contributed by atoms with Crippen LogP contribution >= 0.6 is 0 Å². The average Bonchev–Trinajstić information content (AvgIpc) is 3.12. The van der Waals surface area contributed by atoms with Crippen LogP contribution in [0, 0.1) is 0 Å². The third kappa shape index (κ3) is 3.27. The van der Waals surface area contributed by atoms with E-state index in [-0.39, 0.29) is 0 Å². The lowest BCUT2D eigenvalue weighted by atomic mass is 9.94. The summed E-state index contributed by atoms with van der Waals surface area (Å²) in [5.74, 6) is 2.61. The molecule has 1 atom stereocenters. The molecule has 1 saturated heterocycles. The molecule has 4 heteroatoms. The van der Waals surface area contributed by atoms with Crippen LogP contribution in [0.25, 0.3) is 11.0 Å². The maximum Gasteiger partial charge on any atom is 0.119 e. The number of methoxy groups -OCH3 is 1. The minimum Gasteiger partial charge on any atom is -0.497 e. The Morgan fingerprint density at radius 3 is 2.68 bits per heavy atom. The smallest absolute Gasteiger partial charge is 0.119 e. The highest BCUT2D eigenvalue weighted by Gasteiger charge is 2.26. The topological polar surface area (TPSA) is 41.1 Å². The van der Waals surface area contributed by atoms with E-state index in [1.165, 1.54) is 5.56 Å². The summed E-state index contributed by atoms with van der Waals surface area (Å²) in [6.07, 6.45) is 2.29. The van der Waals surface area contributed by atoms with Crippen molar-refractivity contribution >= 4 is 11.0 Å². The number of nitrogens with one attached hydrogen (secondary N) is 1. The fourth-order valence-electron chi connectivity index (χ4n) is 3.84. The number of hydrogen-bond acceptors (Lipinski definition) is 3. The van der Waals surface area contributed by atoms with Gasteiger partial charge in [0.2, 0.25) is 0 Å². The average molecular weight is 335 g/mol. The third-order valence-electron chi connectivity index (χ3n) is 5.45. The molecule has 1 aliphatic heterocycles. The van der Waals surface area contributed by atoms with Crippen molar-refractivity contribution < 1.29 is 4.74 Å². The van der Waals surface area contributed by atoms with Gasteiger partial charge in [0.15, 0.2) is 0 Å². The van der Waals surface area contributed by atoms with Gasteiger partial charge < -0.3 is 9.72 Å². The van der Waals surface area contributed by atoms with Crippen molar-refractivity contribution in [3.63, 3.8) is 0 Å². The van der Waals surface area contributed by atoms with Gasteiger partial charge in [-0.3, -0.25) is 4.90 Å². The van der Waals surface area contributed by atoms with E-state index in [0.717, 1.165) is 48.5 Å². The van der Waals surface area contributed by atoms with Gasteiger partial charge >= 0.3 is 0 Å². The van der Waals surface area contributed by atoms with E-state index in [1.54, 1.807) is 7.11 Å². The second-order valence-electron chi connectivity index (χ2n) is 6.90. The summed E-state index contributed by atoms with van der Waals surface area (Å²) in [6, 6.07) is 17.1. The number of aromatic amines is 1. The fraction of sp³-hybridized carbons (Fsp3) is 0.381. The minimum absolute atomic E-state index is 0.409. The van der Waals surface area contributed by atoms with Gasteiger partial charge in [0, 0.05) is 12.0 Å². The van der Waals surface area contributed by atoms with Crippen molar-refractivity contribution in [3.05, 3.63) is 59.9 Å². The van der Waals surface area contributed by atoms with Gasteiger partial charge in [0.25, 0.3) is 0 Å². The Balaban J connectivity index is 1.43. The van der Waals surface area contributed by atoms with E-state index in [2.05, 4.69) is 53.2 Å². The van der Waals surface area contributed by atoms with Gasteiger partial charge in [0.1, 0.15) is 11.6 Å². The molecule has 0 spiro atoms. The van der Waals surface area contributed by atoms with Crippen molar-refractivity contribution in [2.24, 2.45) is 0 Å². The highest BCUT2D eigenvalue weighted by atomic mass is 16.5. The van der Waals surface area contributed by atoms with Gasteiger partial charge in [-0.2, -0.15) is 0 Å². The second-order valence-corrected chi connectivity index (χ2v) is 6.90. The predicted octanol–water partition coefficient (Wildman–Crippen LogP) is 4.51. The number of para-hydroxylation sites is 2. The molecule has 1 N–H and O–H groups in total. The van der Waals surface area contributed by atoms with Crippen LogP contribution < -0.4 is 4.74 Å². The van der Waals surface area contributed by atoms with Gasteiger partial charge in [-0.15, -0.1) is 0 Å². The molecule has 130 valence electrons. The quantitative estimate of drug-likeness (QED) is 0.762.